The van der Waals surface area contributed by atoms with Gasteiger partial charge in [0.15, 0.2) is 5.78 Å². The number of rotatable bonds is 3. The summed E-state index contributed by atoms with van der Waals surface area (Å²) in [5, 5.41) is 10.2. The zero-order chi connectivity index (χ0) is 14.8. The van der Waals surface area contributed by atoms with E-state index in [-0.39, 0.29) is 16.7 Å². The van der Waals surface area contributed by atoms with E-state index in [0.29, 0.717) is 5.69 Å². The highest BCUT2D eigenvalue weighted by Gasteiger charge is 2.29. The number of carbonyl (C=O) groups is 1. The van der Waals surface area contributed by atoms with Gasteiger partial charge < -0.3 is 0 Å². The van der Waals surface area contributed by atoms with Crippen molar-refractivity contribution in [3.05, 3.63) is 64.2 Å². The number of non-ortho nitro benzene ring substituents is 1. The van der Waals surface area contributed by atoms with Gasteiger partial charge in [0.1, 0.15) is 5.25 Å². The second-order valence-corrected chi connectivity index (χ2v) is 5.63. The molecule has 0 saturated heterocycles. The third-order valence-electron chi connectivity index (χ3n) is 3.08. The van der Waals surface area contributed by atoms with Gasteiger partial charge in [-0.25, -0.2) is 0 Å². The molecule has 0 radical (unpaired) electrons. The lowest BCUT2D eigenvalue weighted by Gasteiger charge is -1.99. The predicted molar refractivity (Wildman–Crippen MR) is 81.7 cm³/mol. The number of ketones is 1. The molecule has 1 heterocycles. The summed E-state index contributed by atoms with van der Waals surface area (Å²) in [7, 11) is 0. The molecule has 1 aliphatic heterocycles. The molecule has 2 aromatic carbocycles. The van der Waals surface area contributed by atoms with Crippen LogP contribution in [0.4, 0.5) is 11.4 Å². The Kier molecular flexibility index (Phi) is 3.53. The third kappa shape index (κ3) is 2.71. The number of nitrogens with zero attached hydrogens (tertiary/aromatic N) is 2. The average Bonchev–Trinajstić information content (AvgIpc) is 2.82. The summed E-state index contributed by atoms with van der Waals surface area (Å²) < 4.78 is 0. The first-order valence-electron chi connectivity index (χ1n) is 6.24. The summed E-state index contributed by atoms with van der Waals surface area (Å²) in [5.74, 6) is 0.0428. The number of fused-ring (bicyclic) bond motifs is 1. The van der Waals surface area contributed by atoms with Crippen molar-refractivity contribution in [1.82, 2.24) is 0 Å². The zero-order valence-electron chi connectivity index (χ0n) is 10.8. The quantitative estimate of drug-likeness (QED) is 0.492. The maximum absolute atomic E-state index is 12.2. The normalized spacial score (nSPS) is 17.1. The van der Waals surface area contributed by atoms with Gasteiger partial charge in [-0.15, -0.1) is 11.8 Å². The Labute approximate surface area is 124 Å². The molecule has 1 aliphatic rings. The molecule has 6 heteroatoms. The first kappa shape index (κ1) is 13.5. The summed E-state index contributed by atoms with van der Waals surface area (Å²) in [6.45, 7) is 0. The first-order valence-corrected chi connectivity index (χ1v) is 7.11. The minimum atomic E-state index is -0.458. The van der Waals surface area contributed by atoms with E-state index in [0.717, 1.165) is 10.5 Å². The highest BCUT2D eigenvalue weighted by Crippen LogP contribution is 2.36. The van der Waals surface area contributed by atoms with E-state index >= 15 is 0 Å². The van der Waals surface area contributed by atoms with Gasteiger partial charge in [0.05, 0.1) is 10.6 Å². The van der Waals surface area contributed by atoms with E-state index in [1.54, 1.807) is 18.3 Å². The largest absolute Gasteiger partial charge is 0.292 e. The van der Waals surface area contributed by atoms with Gasteiger partial charge in [-0.3, -0.25) is 19.9 Å². The van der Waals surface area contributed by atoms with Crippen molar-refractivity contribution in [2.75, 3.05) is 0 Å². The average molecular weight is 298 g/mol. The number of benzene rings is 2. The smallest absolute Gasteiger partial charge is 0.269 e. The molecule has 3 rings (SSSR count). The number of nitro benzene ring substituents is 1. The van der Waals surface area contributed by atoms with Gasteiger partial charge in [0, 0.05) is 28.8 Å². The summed E-state index contributed by atoms with van der Waals surface area (Å²) in [4.78, 5) is 27.5. The molecule has 2 aromatic rings. The second-order valence-electron chi connectivity index (χ2n) is 4.45. The zero-order valence-corrected chi connectivity index (χ0v) is 11.6. The molecule has 104 valence electrons. The lowest BCUT2D eigenvalue weighted by molar-refractivity contribution is -0.384. The fourth-order valence-electron chi connectivity index (χ4n) is 2.03. The van der Waals surface area contributed by atoms with E-state index in [4.69, 9.17) is 0 Å². The SMILES string of the molecule is O=C1c2ccccc2SC1C=Nc1ccc([N+](=O)[O-])cc1. The topological polar surface area (TPSA) is 72.6 Å². The van der Waals surface area contributed by atoms with Crippen LogP contribution in [0.1, 0.15) is 10.4 Å². The Morgan fingerprint density at radius 2 is 1.86 bits per heavy atom. The van der Waals surface area contributed by atoms with Crippen LogP contribution in [0.5, 0.6) is 0 Å². The molecule has 0 N–H and O–H groups in total. The van der Waals surface area contributed by atoms with Crippen LogP contribution in [-0.2, 0) is 0 Å². The molecule has 0 spiro atoms. The van der Waals surface area contributed by atoms with Gasteiger partial charge in [-0.05, 0) is 18.2 Å². The molecule has 1 unspecified atom stereocenters. The van der Waals surface area contributed by atoms with E-state index in [2.05, 4.69) is 4.99 Å². The second kappa shape index (κ2) is 5.49. The molecule has 0 fully saturated rings. The first-order chi connectivity index (χ1) is 10.1. The van der Waals surface area contributed by atoms with Crippen molar-refractivity contribution in [3.63, 3.8) is 0 Å². The Balaban J connectivity index is 1.76. The molecule has 0 bridgehead atoms. The van der Waals surface area contributed by atoms with Crippen molar-refractivity contribution in [2.45, 2.75) is 10.1 Å². The van der Waals surface area contributed by atoms with E-state index in [9.17, 15) is 14.9 Å². The molecule has 5 nitrogen and oxygen atoms in total. The molecular weight excluding hydrogens is 288 g/mol. The molecule has 1 atom stereocenters. The van der Waals surface area contributed by atoms with Crippen LogP contribution in [0.2, 0.25) is 0 Å². The predicted octanol–water partition coefficient (Wildman–Crippen LogP) is 3.65. The van der Waals surface area contributed by atoms with Gasteiger partial charge in [0.25, 0.3) is 5.69 Å². The van der Waals surface area contributed by atoms with Crippen LogP contribution in [-0.4, -0.2) is 22.2 Å². The van der Waals surface area contributed by atoms with Crippen molar-refractivity contribution in [3.8, 4) is 0 Å². The minimum absolute atomic E-state index is 0.0210. The van der Waals surface area contributed by atoms with Gasteiger partial charge in [-0.1, -0.05) is 18.2 Å². The lowest BCUT2D eigenvalue weighted by atomic mass is 10.1. The lowest BCUT2D eigenvalue weighted by Crippen LogP contribution is -2.12. The number of hydrogen-bond acceptors (Lipinski definition) is 5. The van der Waals surface area contributed by atoms with E-state index < -0.39 is 4.92 Å². The summed E-state index contributed by atoms with van der Waals surface area (Å²) in [5.41, 5.74) is 1.33. The highest BCUT2D eigenvalue weighted by atomic mass is 32.2. The van der Waals surface area contributed by atoms with Crippen molar-refractivity contribution < 1.29 is 9.72 Å². The number of hydrogen-bond donors (Lipinski definition) is 0. The molecule has 0 amide bonds. The summed E-state index contributed by atoms with van der Waals surface area (Å²) in [6.07, 6.45) is 1.59. The minimum Gasteiger partial charge on any atom is -0.292 e. The number of thioether (sulfide) groups is 1. The standard InChI is InChI=1S/C15H10N2O3S/c18-15-12-3-1-2-4-13(12)21-14(15)9-16-10-5-7-11(8-6-10)17(19)20/h1-9,14H. The monoisotopic (exact) mass is 298 g/mol. The molecular formula is C15H10N2O3S. The van der Waals surface area contributed by atoms with Crippen molar-refractivity contribution in [1.29, 1.82) is 0 Å². The fourth-order valence-corrected chi connectivity index (χ4v) is 3.11. The Bertz CT molecular complexity index is 741. The Morgan fingerprint density at radius 3 is 2.52 bits per heavy atom. The maximum atomic E-state index is 12.2. The molecule has 0 saturated carbocycles. The van der Waals surface area contributed by atoms with Gasteiger partial charge in [-0.2, -0.15) is 0 Å². The maximum Gasteiger partial charge on any atom is 0.269 e. The third-order valence-corrected chi connectivity index (χ3v) is 4.28. The highest BCUT2D eigenvalue weighted by molar-refractivity contribution is 8.02. The van der Waals surface area contributed by atoms with Gasteiger partial charge >= 0.3 is 0 Å². The number of carbonyl (C=O) groups excluding carboxylic acids is 1. The van der Waals surface area contributed by atoms with E-state index in [1.807, 2.05) is 24.3 Å². The number of nitro groups is 1. The Hall–Kier alpha value is -2.47. The van der Waals surface area contributed by atoms with Crippen LogP contribution < -0.4 is 0 Å². The number of Topliss-reactive ketones (excluding diaryl/α,β-unsaturated/α-hetero) is 1. The Morgan fingerprint density at radius 1 is 1.14 bits per heavy atom. The number of aliphatic imine (C=N–C) groups is 1. The van der Waals surface area contributed by atoms with Crippen LogP contribution in [0.15, 0.2) is 58.4 Å². The van der Waals surface area contributed by atoms with Crippen LogP contribution in [0.25, 0.3) is 0 Å². The molecule has 21 heavy (non-hydrogen) atoms. The summed E-state index contributed by atoms with van der Waals surface area (Å²) in [6, 6.07) is 13.4. The fraction of sp³-hybridized carbons (Fsp3) is 0.0667. The molecule has 0 aromatic heterocycles. The van der Waals surface area contributed by atoms with Crippen molar-refractivity contribution in [2.24, 2.45) is 4.99 Å². The van der Waals surface area contributed by atoms with Crippen LogP contribution in [0, 0.1) is 10.1 Å². The molecule has 0 aliphatic carbocycles. The van der Waals surface area contributed by atoms with Crippen LogP contribution in [0.3, 0.4) is 0 Å². The van der Waals surface area contributed by atoms with Gasteiger partial charge in [0.2, 0.25) is 0 Å². The summed E-state index contributed by atoms with van der Waals surface area (Å²) >= 11 is 1.46. The van der Waals surface area contributed by atoms with Crippen LogP contribution >= 0.6 is 11.8 Å². The van der Waals surface area contributed by atoms with E-state index in [1.165, 1.54) is 23.9 Å². The van der Waals surface area contributed by atoms with Crippen molar-refractivity contribution >= 4 is 35.1 Å².